The predicted molar refractivity (Wildman–Crippen MR) is 79.0 cm³/mol. The number of hydrogen-bond donors (Lipinski definition) is 1. The summed E-state index contributed by atoms with van der Waals surface area (Å²) >= 11 is 0. The first-order valence-corrected chi connectivity index (χ1v) is 7.39. The van der Waals surface area contributed by atoms with Gasteiger partial charge in [-0.3, -0.25) is 4.90 Å². The Morgan fingerprint density at radius 1 is 1.40 bits per heavy atom. The number of aliphatic hydroxyl groups is 1. The van der Waals surface area contributed by atoms with Crippen molar-refractivity contribution in [2.45, 2.75) is 39.1 Å². The Hall–Kier alpha value is -1.10. The predicted octanol–water partition coefficient (Wildman–Crippen LogP) is 2.23. The highest BCUT2D eigenvalue weighted by Gasteiger charge is 2.29. The monoisotopic (exact) mass is 279 g/mol. The maximum absolute atomic E-state index is 10.6. The molecule has 1 aromatic carbocycles. The molecule has 2 unspecified atom stereocenters. The van der Waals surface area contributed by atoms with E-state index in [2.05, 4.69) is 11.8 Å². The fourth-order valence-corrected chi connectivity index (χ4v) is 2.50. The van der Waals surface area contributed by atoms with E-state index in [4.69, 9.17) is 9.47 Å². The van der Waals surface area contributed by atoms with Gasteiger partial charge in [0.25, 0.3) is 0 Å². The van der Waals surface area contributed by atoms with Crippen LogP contribution in [0.15, 0.2) is 24.3 Å². The number of benzene rings is 1. The summed E-state index contributed by atoms with van der Waals surface area (Å²) in [6, 6.07) is 7.66. The van der Waals surface area contributed by atoms with Crippen molar-refractivity contribution in [1.29, 1.82) is 0 Å². The standard InChI is InChI=1S/C16H25NO3/c1-4-17-9-10-19-15(11-17)16(18)13-7-5-6-8-14(13)20-12(2)3/h5-8,12,15-16,18H,4,9-11H2,1-3H3. The molecular formula is C16H25NO3. The molecule has 0 aromatic heterocycles. The number of para-hydroxylation sites is 1. The number of morpholine rings is 1. The SMILES string of the molecule is CCN1CCOC(C(O)c2ccccc2OC(C)C)C1. The first-order valence-electron chi connectivity index (χ1n) is 7.39. The van der Waals surface area contributed by atoms with Crippen LogP contribution in [0.5, 0.6) is 5.75 Å². The van der Waals surface area contributed by atoms with Gasteiger partial charge in [-0.05, 0) is 26.5 Å². The van der Waals surface area contributed by atoms with Crippen LogP contribution in [0, 0.1) is 0 Å². The molecule has 1 aliphatic rings. The third kappa shape index (κ3) is 3.72. The Balaban J connectivity index is 2.13. The molecule has 0 amide bonds. The fraction of sp³-hybridized carbons (Fsp3) is 0.625. The molecule has 0 spiro atoms. The van der Waals surface area contributed by atoms with E-state index in [1.165, 1.54) is 0 Å². The molecule has 1 fully saturated rings. The van der Waals surface area contributed by atoms with Crippen molar-refractivity contribution in [1.82, 2.24) is 4.90 Å². The summed E-state index contributed by atoms with van der Waals surface area (Å²) in [5.41, 5.74) is 0.809. The maximum atomic E-state index is 10.6. The minimum absolute atomic E-state index is 0.0859. The van der Waals surface area contributed by atoms with Crippen LogP contribution in [-0.4, -0.2) is 48.5 Å². The van der Waals surface area contributed by atoms with Gasteiger partial charge in [-0.15, -0.1) is 0 Å². The van der Waals surface area contributed by atoms with Crippen molar-refractivity contribution < 1.29 is 14.6 Å². The van der Waals surface area contributed by atoms with Crippen molar-refractivity contribution >= 4 is 0 Å². The molecule has 112 valence electrons. The Bertz CT molecular complexity index is 422. The van der Waals surface area contributed by atoms with E-state index in [0.717, 1.165) is 30.9 Å². The summed E-state index contributed by atoms with van der Waals surface area (Å²) in [6.07, 6.45) is -0.761. The van der Waals surface area contributed by atoms with Gasteiger partial charge in [0.15, 0.2) is 0 Å². The normalized spacial score (nSPS) is 21.9. The molecule has 0 bridgehead atoms. The van der Waals surface area contributed by atoms with E-state index in [1.807, 2.05) is 38.1 Å². The second kappa shape index (κ2) is 7.07. The molecule has 4 nitrogen and oxygen atoms in total. The second-order valence-electron chi connectivity index (χ2n) is 5.45. The number of rotatable bonds is 5. The summed E-state index contributed by atoms with van der Waals surface area (Å²) in [7, 11) is 0. The highest BCUT2D eigenvalue weighted by atomic mass is 16.5. The van der Waals surface area contributed by atoms with Crippen LogP contribution >= 0.6 is 0 Å². The lowest BCUT2D eigenvalue weighted by Crippen LogP contribution is -2.44. The summed E-state index contributed by atoms with van der Waals surface area (Å²) < 4.78 is 11.5. The number of ether oxygens (including phenoxy) is 2. The third-order valence-corrected chi connectivity index (χ3v) is 3.58. The number of nitrogens with zero attached hydrogens (tertiary/aromatic N) is 1. The number of hydrogen-bond acceptors (Lipinski definition) is 4. The van der Waals surface area contributed by atoms with Crippen molar-refractivity contribution in [3.8, 4) is 5.75 Å². The van der Waals surface area contributed by atoms with Crippen LogP contribution in [0.1, 0.15) is 32.4 Å². The maximum Gasteiger partial charge on any atom is 0.125 e. The summed E-state index contributed by atoms with van der Waals surface area (Å²) in [5.74, 6) is 0.743. The summed E-state index contributed by atoms with van der Waals surface area (Å²) in [4.78, 5) is 2.29. The van der Waals surface area contributed by atoms with Gasteiger partial charge in [0.05, 0.1) is 12.7 Å². The quantitative estimate of drug-likeness (QED) is 0.897. The van der Waals surface area contributed by atoms with Gasteiger partial charge in [-0.2, -0.15) is 0 Å². The van der Waals surface area contributed by atoms with E-state index >= 15 is 0 Å². The Morgan fingerprint density at radius 3 is 2.85 bits per heavy atom. The zero-order valence-corrected chi connectivity index (χ0v) is 12.6. The minimum atomic E-state index is -0.653. The van der Waals surface area contributed by atoms with Gasteiger partial charge >= 0.3 is 0 Å². The fourth-order valence-electron chi connectivity index (χ4n) is 2.50. The lowest BCUT2D eigenvalue weighted by atomic mass is 10.0. The van der Waals surface area contributed by atoms with Crippen molar-refractivity contribution in [3.05, 3.63) is 29.8 Å². The van der Waals surface area contributed by atoms with E-state index in [-0.39, 0.29) is 12.2 Å². The number of aliphatic hydroxyl groups excluding tert-OH is 1. The Kier molecular flexibility index (Phi) is 5.40. The topological polar surface area (TPSA) is 41.9 Å². The molecule has 2 atom stereocenters. The first-order chi connectivity index (χ1) is 9.61. The van der Waals surface area contributed by atoms with Crippen molar-refractivity contribution in [2.75, 3.05) is 26.2 Å². The average Bonchev–Trinajstić information content (AvgIpc) is 2.46. The van der Waals surface area contributed by atoms with E-state index in [9.17, 15) is 5.11 Å². The average molecular weight is 279 g/mol. The van der Waals surface area contributed by atoms with Crippen LogP contribution in [0.3, 0.4) is 0 Å². The van der Waals surface area contributed by atoms with E-state index < -0.39 is 6.10 Å². The van der Waals surface area contributed by atoms with Crippen molar-refractivity contribution in [2.24, 2.45) is 0 Å². The molecule has 1 aliphatic heterocycles. The zero-order valence-electron chi connectivity index (χ0n) is 12.6. The van der Waals surface area contributed by atoms with Gasteiger partial charge in [-0.25, -0.2) is 0 Å². The Morgan fingerprint density at radius 2 is 2.15 bits per heavy atom. The van der Waals surface area contributed by atoms with E-state index in [0.29, 0.717) is 6.61 Å². The van der Waals surface area contributed by atoms with Crippen LogP contribution < -0.4 is 4.74 Å². The Labute approximate surface area is 121 Å². The molecule has 20 heavy (non-hydrogen) atoms. The lowest BCUT2D eigenvalue weighted by molar-refractivity contribution is -0.0895. The van der Waals surface area contributed by atoms with Crippen LogP contribution in [0.2, 0.25) is 0 Å². The highest BCUT2D eigenvalue weighted by molar-refractivity contribution is 5.36. The van der Waals surface area contributed by atoms with Crippen LogP contribution in [-0.2, 0) is 4.74 Å². The van der Waals surface area contributed by atoms with Gasteiger partial charge in [0.1, 0.15) is 18.0 Å². The molecule has 1 heterocycles. The smallest absolute Gasteiger partial charge is 0.125 e. The highest BCUT2D eigenvalue weighted by Crippen LogP contribution is 2.30. The largest absolute Gasteiger partial charge is 0.491 e. The molecule has 1 N–H and O–H groups in total. The second-order valence-corrected chi connectivity index (χ2v) is 5.45. The summed E-state index contributed by atoms with van der Waals surface area (Å²) in [6.45, 7) is 9.44. The molecule has 1 aromatic rings. The van der Waals surface area contributed by atoms with Crippen molar-refractivity contribution in [3.63, 3.8) is 0 Å². The van der Waals surface area contributed by atoms with Gasteiger partial charge in [0.2, 0.25) is 0 Å². The van der Waals surface area contributed by atoms with Gasteiger partial charge < -0.3 is 14.6 Å². The molecule has 2 rings (SSSR count). The van der Waals surface area contributed by atoms with Crippen LogP contribution in [0.25, 0.3) is 0 Å². The summed E-state index contributed by atoms with van der Waals surface area (Å²) in [5, 5.41) is 10.6. The minimum Gasteiger partial charge on any atom is -0.491 e. The molecule has 0 aliphatic carbocycles. The van der Waals surface area contributed by atoms with Gasteiger partial charge in [0, 0.05) is 18.7 Å². The molecule has 4 heteroatoms. The molecule has 1 saturated heterocycles. The molecule has 0 saturated carbocycles. The lowest BCUT2D eigenvalue weighted by Gasteiger charge is -2.35. The zero-order chi connectivity index (χ0) is 14.5. The molecular weight excluding hydrogens is 254 g/mol. The van der Waals surface area contributed by atoms with Gasteiger partial charge in [-0.1, -0.05) is 25.1 Å². The molecule has 0 radical (unpaired) electrons. The van der Waals surface area contributed by atoms with Crippen LogP contribution in [0.4, 0.5) is 0 Å². The first kappa shape index (κ1) is 15.3. The third-order valence-electron chi connectivity index (χ3n) is 3.58. The number of likely N-dealkylation sites (N-methyl/N-ethyl adjacent to an activating group) is 1. The van der Waals surface area contributed by atoms with E-state index in [1.54, 1.807) is 0 Å².